The molecule has 2 unspecified atom stereocenters. The number of ether oxygens (including phenoxy) is 1. The molecule has 1 amide bonds. The lowest BCUT2D eigenvalue weighted by atomic mass is 9.93. The SMILES string of the molecule is CCCCCCCCCCC(CCCCCCCC)COCC(CCCCCCCC)CCCCCCCCCC.CCCCCCCCCCCC(=O)N[C@@H](CCC(=O)O)C(=O)O. The Bertz CT molecular complexity index is 918. The number of aliphatic carboxylic acids is 2. The van der Waals surface area contributed by atoms with Crippen LogP contribution in [0.4, 0.5) is 0 Å². The van der Waals surface area contributed by atoms with Gasteiger partial charge in [0.2, 0.25) is 5.91 Å². The topological polar surface area (TPSA) is 113 Å². The molecule has 0 aromatic heterocycles. The van der Waals surface area contributed by atoms with Gasteiger partial charge in [0, 0.05) is 26.1 Å². The van der Waals surface area contributed by atoms with E-state index in [2.05, 4.69) is 39.9 Å². The van der Waals surface area contributed by atoms with Gasteiger partial charge in [-0.2, -0.15) is 0 Å². The van der Waals surface area contributed by atoms with E-state index in [0.29, 0.717) is 6.42 Å². The van der Waals surface area contributed by atoms with Crippen LogP contribution in [-0.2, 0) is 19.1 Å². The molecular formula is C57H113NO6. The molecule has 382 valence electrons. The van der Waals surface area contributed by atoms with Crippen molar-refractivity contribution in [1.29, 1.82) is 0 Å². The number of carbonyl (C=O) groups is 3. The Labute approximate surface area is 399 Å². The number of rotatable bonds is 51. The van der Waals surface area contributed by atoms with Crippen molar-refractivity contribution in [2.75, 3.05) is 13.2 Å². The molecule has 0 aliphatic heterocycles. The average molecular weight is 909 g/mol. The third-order valence-electron chi connectivity index (χ3n) is 13.4. The van der Waals surface area contributed by atoms with Gasteiger partial charge in [0.1, 0.15) is 6.04 Å². The van der Waals surface area contributed by atoms with Gasteiger partial charge >= 0.3 is 11.9 Å². The van der Waals surface area contributed by atoms with Crippen LogP contribution in [0.25, 0.3) is 0 Å². The maximum atomic E-state index is 11.7. The van der Waals surface area contributed by atoms with Crippen LogP contribution < -0.4 is 5.32 Å². The van der Waals surface area contributed by atoms with E-state index in [9.17, 15) is 14.4 Å². The van der Waals surface area contributed by atoms with Crippen LogP contribution in [0.2, 0.25) is 0 Å². The molecule has 0 heterocycles. The van der Waals surface area contributed by atoms with Crippen molar-refractivity contribution in [1.82, 2.24) is 5.32 Å². The summed E-state index contributed by atoms with van der Waals surface area (Å²) in [5.74, 6) is -0.958. The predicted octanol–water partition coefficient (Wildman–Crippen LogP) is 18.1. The summed E-state index contributed by atoms with van der Waals surface area (Å²) in [7, 11) is 0. The summed E-state index contributed by atoms with van der Waals surface area (Å²) in [5, 5.41) is 19.9. The molecule has 0 aliphatic rings. The Balaban J connectivity index is 0. The van der Waals surface area contributed by atoms with Crippen LogP contribution in [0.1, 0.15) is 317 Å². The second-order valence-electron chi connectivity index (χ2n) is 19.9. The minimum Gasteiger partial charge on any atom is -0.481 e. The number of unbranched alkanes of at least 4 members (excludes halogenated alkanes) is 32. The van der Waals surface area contributed by atoms with Gasteiger partial charge < -0.3 is 20.3 Å². The van der Waals surface area contributed by atoms with Gasteiger partial charge in [-0.1, -0.05) is 266 Å². The van der Waals surface area contributed by atoms with E-state index in [0.717, 1.165) is 44.3 Å². The zero-order valence-corrected chi connectivity index (χ0v) is 43.8. The standard InChI is InChI=1S/C40H82O.C17H31NO5/c1-5-9-13-17-21-23-27-31-35-39(33-29-25-19-15-11-7-3)37-41-38-40(34-30-26-20-16-12-8-4)36-32-28-24-22-18-14-10-6-2;1-2-3-4-5-6-7-8-9-10-11-15(19)18-14(17(22)23)12-13-16(20)21/h39-40H,5-38H2,1-4H3;14H,2-13H2,1H3,(H,18,19)(H,20,21)(H,22,23)/t;14-/m.0/s1. The Morgan fingerprint density at radius 1 is 0.359 bits per heavy atom. The van der Waals surface area contributed by atoms with Crippen LogP contribution >= 0.6 is 0 Å². The number of carboxylic acids is 2. The lowest BCUT2D eigenvalue weighted by Gasteiger charge is -2.21. The summed E-state index contributed by atoms with van der Waals surface area (Å²) in [4.78, 5) is 33.1. The van der Waals surface area contributed by atoms with Crippen LogP contribution in [0.15, 0.2) is 0 Å². The number of carbonyl (C=O) groups excluding carboxylic acids is 1. The molecule has 0 aromatic carbocycles. The Morgan fingerprint density at radius 2 is 0.625 bits per heavy atom. The monoisotopic (exact) mass is 908 g/mol. The van der Waals surface area contributed by atoms with Gasteiger partial charge in [0.25, 0.3) is 0 Å². The highest BCUT2D eigenvalue weighted by molar-refractivity contribution is 5.83. The first-order valence-corrected chi connectivity index (χ1v) is 28.6. The van der Waals surface area contributed by atoms with Crippen LogP contribution in [0.5, 0.6) is 0 Å². The highest BCUT2D eigenvalue weighted by Crippen LogP contribution is 2.24. The number of carboxylic acid groups (broad SMARTS) is 2. The third-order valence-corrected chi connectivity index (χ3v) is 13.4. The molecule has 64 heavy (non-hydrogen) atoms. The van der Waals surface area contributed by atoms with Crippen LogP contribution in [-0.4, -0.2) is 47.3 Å². The number of amides is 1. The zero-order valence-electron chi connectivity index (χ0n) is 43.8. The molecule has 3 atom stereocenters. The van der Waals surface area contributed by atoms with Crippen LogP contribution in [0, 0.1) is 11.8 Å². The summed E-state index contributed by atoms with van der Waals surface area (Å²) in [5.41, 5.74) is 0. The quantitative estimate of drug-likeness (QED) is 0.0524. The van der Waals surface area contributed by atoms with Crippen molar-refractivity contribution in [2.24, 2.45) is 11.8 Å². The maximum absolute atomic E-state index is 11.7. The van der Waals surface area contributed by atoms with Gasteiger partial charge in [-0.05, 0) is 50.4 Å². The van der Waals surface area contributed by atoms with Gasteiger partial charge in [-0.3, -0.25) is 9.59 Å². The van der Waals surface area contributed by atoms with E-state index in [4.69, 9.17) is 14.9 Å². The second-order valence-corrected chi connectivity index (χ2v) is 19.9. The van der Waals surface area contributed by atoms with Crippen molar-refractivity contribution in [2.45, 2.75) is 323 Å². The van der Waals surface area contributed by atoms with E-state index in [1.807, 2.05) is 0 Å². The molecule has 0 saturated heterocycles. The first-order chi connectivity index (χ1) is 31.2. The van der Waals surface area contributed by atoms with Gasteiger partial charge in [-0.25, -0.2) is 4.79 Å². The largest absolute Gasteiger partial charge is 0.481 e. The minimum atomic E-state index is -1.19. The normalized spacial score (nSPS) is 12.7. The molecule has 0 bridgehead atoms. The molecule has 3 N–H and O–H groups in total. The summed E-state index contributed by atoms with van der Waals surface area (Å²) >= 11 is 0. The lowest BCUT2D eigenvalue weighted by molar-refractivity contribution is -0.143. The molecule has 0 saturated carbocycles. The van der Waals surface area contributed by atoms with Gasteiger partial charge in [-0.15, -0.1) is 0 Å². The fourth-order valence-electron chi connectivity index (χ4n) is 8.97. The second kappa shape index (κ2) is 54.0. The lowest BCUT2D eigenvalue weighted by Crippen LogP contribution is -2.41. The molecular weight excluding hydrogens is 795 g/mol. The van der Waals surface area contributed by atoms with Crippen LogP contribution in [0.3, 0.4) is 0 Å². The molecule has 0 rings (SSSR count). The molecule has 7 nitrogen and oxygen atoms in total. The number of nitrogens with one attached hydrogen (secondary N) is 1. The van der Waals surface area contributed by atoms with Crippen molar-refractivity contribution in [3.63, 3.8) is 0 Å². The molecule has 0 radical (unpaired) electrons. The number of hydrogen-bond donors (Lipinski definition) is 3. The fourth-order valence-corrected chi connectivity index (χ4v) is 8.97. The molecule has 7 heteroatoms. The molecule has 0 aromatic rings. The summed E-state index contributed by atoms with van der Waals surface area (Å²) in [6, 6.07) is -1.11. The van der Waals surface area contributed by atoms with Gasteiger partial charge in [0.15, 0.2) is 0 Å². The van der Waals surface area contributed by atoms with E-state index in [-0.39, 0.29) is 18.7 Å². The smallest absolute Gasteiger partial charge is 0.326 e. The first kappa shape index (κ1) is 64.5. The molecule has 0 fully saturated rings. The summed E-state index contributed by atoms with van der Waals surface area (Å²) in [6.45, 7) is 13.6. The van der Waals surface area contributed by atoms with Gasteiger partial charge in [0.05, 0.1) is 0 Å². The van der Waals surface area contributed by atoms with E-state index < -0.39 is 18.0 Å². The number of hydrogen-bond acceptors (Lipinski definition) is 4. The Hall–Kier alpha value is -1.63. The highest BCUT2D eigenvalue weighted by atomic mass is 16.5. The highest BCUT2D eigenvalue weighted by Gasteiger charge is 2.20. The van der Waals surface area contributed by atoms with E-state index in [1.165, 1.54) is 244 Å². The summed E-state index contributed by atoms with van der Waals surface area (Å²) in [6.07, 6.45) is 55.9. The summed E-state index contributed by atoms with van der Waals surface area (Å²) < 4.78 is 6.59. The maximum Gasteiger partial charge on any atom is 0.326 e. The zero-order chi connectivity index (χ0) is 47.4. The van der Waals surface area contributed by atoms with E-state index >= 15 is 0 Å². The Kier molecular flexibility index (Phi) is 54.4. The first-order valence-electron chi connectivity index (χ1n) is 28.6. The van der Waals surface area contributed by atoms with Crippen molar-refractivity contribution in [3.8, 4) is 0 Å². The molecule has 0 spiro atoms. The van der Waals surface area contributed by atoms with E-state index in [1.54, 1.807) is 0 Å². The van der Waals surface area contributed by atoms with Crippen molar-refractivity contribution in [3.05, 3.63) is 0 Å². The molecule has 0 aliphatic carbocycles. The average Bonchev–Trinajstić information content (AvgIpc) is 3.28. The fraction of sp³-hybridized carbons (Fsp3) is 0.947. The van der Waals surface area contributed by atoms with Crippen molar-refractivity contribution >= 4 is 17.8 Å². The predicted molar refractivity (Wildman–Crippen MR) is 277 cm³/mol. The third kappa shape index (κ3) is 51.4. The van der Waals surface area contributed by atoms with Crippen molar-refractivity contribution < 1.29 is 29.3 Å². The Morgan fingerprint density at radius 3 is 0.891 bits per heavy atom. The minimum absolute atomic E-state index is 0.0891.